The van der Waals surface area contributed by atoms with E-state index in [4.69, 9.17) is 5.73 Å². The van der Waals surface area contributed by atoms with E-state index in [0.717, 1.165) is 24.2 Å². The number of carbonyl (C=O) groups is 1. The van der Waals surface area contributed by atoms with E-state index in [9.17, 15) is 4.79 Å². The van der Waals surface area contributed by atoms with E-state index in [0.29, 0.717) is 13.1 Å². The third-order valence-electron chi connectivity index (χ3n) is 3.65. The number of nitrogens with one attached hydrogen (secondary N) is 1. The van der Waals surface area contributed by atoms with Gasteiger partial charge in [0.15, 0.2) is 0 Å². The van der Waals surface area contributed by atoms with Gasteiger partial charge in [0.05, 0.1) is 12.1 Å². The van der Waals surface area contributed by atoms with Crippen LogP contribution in [-0.2, 0) is 11.3 Å². The van der Waals surface area contributed by atoms with Gasteiger partial charge < -0.3 is 11.1 Å². The summed E-state index contributed by atoms with van der Waals surface area (Å²) in [4.78, 5) is 14.1. The Balaban J connectivity index is 2.15. The molecule has 1 aromatic rings. The number of nitrogens with two attached hydrogens (primary N) is 1. The van der Waals surface area contributed by atoms with Crippen molar-refractivity contribution in [1.29, 1.82) is 0 Å². The summed E-state index contributed by atoms with van der Waals surface area (Å²) in [7, 11) is 0. The molecule has 1 fully saturated rings. The molecule has 0 atom stereocenters. The first-order chi connectivity index (χ1) is 9.54. The molecule has 1 aliphatic heterocycles. The fourth-order valence-corrected chi connectivity index (χ4v) is 2.34. The van der Waals surface area contributed by atoms with Crippen LogP contribution in [0.1, 0.15) is 25.0 Å². The molecule has 1 saturated heterocycles. The number of amides is 1. The summed E-state index contributed by atoms with van der Waals surface area (Å²) in [5, 5.41) is 2.91. The molecule has 1 aliphatic rings. The fraction of sp³-hybridized carbons (Fsp3) is 0.438. The molecule has 0 unspecified atom stereocenters. The number of hydrogen-bond acceptors (Lipinski definition) is 3. The molecule has 4 heteroatoms. The fourth-order valence-electron chi connectivity index (χ4n) is 2.34. The molecule has 3 N–H and O–H groups in total. The second kappa shape index (κ2) is 6.08. The molecular weight excluding hydrogens is 250 g/mol. The minimum atomic E-state index is -0.475. The van der Waals surface area contributed by atoms with Gasteiger partial charge in [0.1, 0.15) is 0 Å². The molecule has 0 saturated carbocycles. The molecule has 1 amide bonds. The average Bonchev–Trinajstić information content (AvgIpc) is 2.43. The van der Waals surface area contributed by atoms with E-state index < -0.39 is 5.54 Å². The smallest absolute Gasteiger partial charge is 0.240 e. The van der Waals surface area contributed by atoms with Crippen molar-refractivity contribution in [2.45, 2.75) is 25.9 Å². The third kappa shape index (κ3) is 3.19. The first-order valence-corrected chi connectivity index (χ1v) is 6.85. The van der Waals surface area contributed by atoms with Gasteiger partial charge in [-0.15, -0.1) is 0 Å². The Kier molecular flexibility index (Phi) is 4.43. The first-order valence-electron chi connectivity index (χ1n) is 6.85. The first kappa shape index (κ1) is 14.6. The van der Waals surface area contributed by atoms with Crippen molar-refractivity contribution in [2.24, 2.45) is 5.73 Å². The largest absolute Gasteiger partial charge is 0.353 e. The third-order valence-corrected chi connectivity index (χ3v) is 3.65. The van der Waals surface area contributed by atoms with Crippen molar-refractivity contribution in [3.8, 4) is 11.8 Å². The van der Waals surface area contributed by atoms with Crippen molar-refractivity contribution < 1.29 is 4.79 Å². The lowest BCUT2D eigenvalue weighted by molar-refractivity contribution is -0.135. The van der Waals surface area contributed by atoms with Crippen LogP contribution in [0.2, 0.25) is 0 Å². The van der Waals surface area contributed by atoms with Crippen LogP contribution < -0.4 is 11.1 Å². The SMILES string of the molecule is CC1(C)C(=O)NCCN1Cc1cccc(C#CCN)c1. The van der Waals surface area contributed by atoms with Gasteiger partial charge in [0, 0.05) is 25.2 Å². The highest BCUT2D eigenvalue weighted by Crippen LogP contribution is 2.20. The van der Waals surface area contributed by atoms with Crippen LogP contribution in [-0.4, -0.2) is 36.0 Å². The summed E-state index contributed by atoms with van der Waals surface area (Å²) in [6, 6.07) is 8.09. The van der Waals surface area contributed by atoms with Crippen LogP contribution in [0.25, 0.3) is 0 Å². The highest BCUT2D eigenvalue weighted by molar-refractivity contribution is 5.86. The Labute approximate surface area is 120 Å². The molecular formula is C16H21N3O. The van der Waals surface area contributed by atoms with Crippen molar-refractivity contribution in [3.05, 3.63) is 35.4 Å². The second-order valence-corrected chi connectivity index (χ2v) is 5.44. The van der Waals surface area contributed by atoms with E-state index in [1.54, 1.807) is 0 Å². The molecule has 1 heterocycles. The highest BCUT2D eigenvalue weighted by atomic mass is 16.2. The number of nitrogens with zero attached hydrogens (tertiary/aromatic N) is 1. The minimum Gasteiger partial charge on any atom is -0.353 e. The molecule has 2 rings (SSSR count). The lowest BCUT2D eigenvalue weighted by Crippen LogP contribution is -2.61. The maximum atomic E-state index is 11.9. The molecule has 20 heavy (non-hydrogen) atoms. The molecule has 0 bridgehead atoms. The predicted molar refractivity (Wildman–Crippen MR) is 79.9 cm³/mol. The van der Waals surface area contributed by atoms with Crippen LogP contribution in [0, 0.1) is 11.8 Å². The van der Waals surface area contributed by atoms with Crippen LogP contribution in [0.3, 0.4) is 0 Å². The average molecular weight is 271 g/mol. The Morgan fingerprint density at radius 2 is 2.25 bits per heavy atom. The summed E-state index contributed by atoms with van der Waals surface area (Å²) in [6.07, 6.45) is 0. The van der Waals surface area contributed by atoms with Gasteiger partial charge in [-0.25, -0.2) is 0 Å². The van der Waals surface area contributed by atoms with Crippen LogP contribution in [0.15, 0.2) is 24.3 Å². The zero-order valence-corrected chi connectivity index (χ0v) is 12.1. The summed E-state index contributed by atoms with van der Waals surface area (Å²) >= 11 is 0. The lowest BCUT2D eigenvalue weighted by atomic mass is 9.97. The zero-order chi connectivity index (χ0) is 14.6. The van der Waals surface area contributed by atoms with E-state index in [1.165, 1.54) is 0 Å². The number of piperazine rings is 1. The van der Waals surface area contributed by atoms with Crippen molar-refractivity contribution in [2.75, 3.05) is 19.6 Å². The van der Waals surface area contributed by atoms with Crippen LogP contribution >= 0.6 is 0 Å². The standard InChI is InChI=1S/C16H21N3O/c1-16(2)15(20)18-9-10-19(16)12-14-6-3-5-13(11-14)7-4-8-17/h3,5-6,11H,8-10,12,17H2,1-2H3,(H,18,20). The predicted octanol–water partition coefficient (Wildman–Crippen LogP) is 0.707. The number of hydrogen-bond donors (Lipinski definition) is 2. The second-order valence-electron chi connectivity index (χ2n) is 5.44. The van der Waals surface area contributed by atoms with E-state index in [2.05, 4.69) is 34.2 Å². The van der Waals surface area contributed by atoms with Crippen LogP contribution in [0.4, 0.5) is 0 Å². The van der Waals surface area contributed by atoms with Gasteiger partial charge in [-0.2, -0.15) is 0 Å². The summed E-state index contributed by atoms with van der Waals surface area (Å²) in [5.74, 6) is 5.98. The normalized spacial score (nSPS) is 18.1. The molecule has 106 valence electrons. The molecule has 0 aromatic heterocycles. The van der Waals surface area contributed by atoms with Crippen molar-refractivity contribution in [3.63, 3.8) is 0 Å². The molecule has 1 aromatic carbocycles. The van der Waals surface area contributed by atoms with Gasteiger partial charge in [-0.3, -0.25) is 9.69 Å². The van der Waals surface area contributed by atoms with Gasteiger partial charge in [-0.1, -0.05) is 24.0 Å². The van der Waals surface area contributed by atoms with Gasteiger partial charge in [-0.05, 0) is 31.5 Å². The lowest BCUT2D eigenvalue weighted by Gasteiger charge is -2.41. The number of carbonyl (C=O) groups excluding carboxylic acids is 1. The Morgan fingerprint density at radius 3 is 3.00 bits per heavy atom. The topological polar surface area (TPSA) is 58.4 Å². The Bertz CT molecular complexity index is 554. The Morgan fingerprint density at radius 1 is 1.45 bits per heavy atom. The van der Waals surface area contributed by atoms with Gasteiger partial charge >= 0.3 is 0 Å². The molecule has 4 nitrogen and oxygen atoms in total. The number of benzene rings is 1. The quantitative estimate of drug-likeness (QED) is 0.779. The molecule has 0 aliphatic carbocycles. The molecule has 0 spiro atoms. The summed E-state index contributed by atoms with van der Waals surface area (Å²) in [6.45, 7) is 6.59. The van der Waals surface area contributed by atoms with Crippen LogP contribution in [0.5, 0.6) is 0 Å². The Hall–Kier alpha value is -1.83. The van der Waals surface area contributed by atoms with Crippen molar-refractivity contribution in [1.82, 2.24) is 10.2 Å². The molecule has 0 radical (unpaired) electrons. The number of rotatable bonds is 2. The maximum absolute atomic E-state index is 11.9. The summed E-state index contributed by atoms with van der Waals surface area (Å²) < 4.78 is 0. The van der Waals surface area contributed by atoms with E-state index >= 15 is 0 Å². The van der Waals surface area contributed by atoms with Gasteiger partial charge in [0.25, 0.3) is 0 Å². The monoisotopic (exact) mass is 271 g/mol. The van der Waals surface area contributed by atoms with Gasteiger partial charge in [0.2, 0.25) is 5.91 Å². The van der Waals surface area contributed by atoms with E-state index in [1.807, 2.05) is 26.0 Å². The van der Waals surface area contributed by atoms with E-state index in [-0.39, 0.29) is 5.91 Å². The maximum Gasteiger partial charge on any atom is 0.240 e. The zero-order valence-electron chi connectivity index (χ0n) is 12.1. The highest BCUT2D eigenvalue weighted by Gasteiger charge is 2.37. The summed E-state index contributed by atoms with van der Waals surface area (Å²) in [5.41, 5.74) is 7.04. The van der Waals surface area contributed by atoms with Crippen molar-refractivity contribution >= 4 is 5.91 Å². The minimum absolute atomic E-state index is 0.0860.